The average Bonchev–Trinajstić information content (AvgIpc) is 2.96. The quantitative estimate of drug-likeness (QED) is 0.781. The Hall–Kier alpha value is -2.46. The Morgan fingerprint density at radius 1 is 1.48 bits per heavy atom. The molecule has 0 aliphatic rings. The number of aromatic carboxylic acids is 1. The fourth-order valence-electron chi connectivity index (χ4n) is 1.73. The number of benzene rings is 1. The minimum atomic E-state index is -4.09. The molecule has 8 nitrogen and oxygen atoms in total. The van der Waals surface area contributed by atoms with Crippen molar-refractivity contribution in [1.29, 1.82) is 0 Å². The highest BCUT2D eigenvalue weighted by Crippen LogP contribution is 2.20. The summed E-state index contributed by atoms with van der Waals surface area (Å²) in [5, 5.41) is 12.7. The smallest absolute Gasteiger partial charge is 0.335 e. The third-order valence-electron chi connectivity index (χ3n) is 2.90. The van der Waals surface area contributed by atoms with E-state index in [1.807, 2.05) is 4.72 Å². The number of ether oxygens (including phenoxy) is 1. The first-order valence-corrected chi connectivity index (χ1v) is 7.89. The van der Waals surface area contributed by atoms with Crippen molar-refractivity contribution in [2.45, 2.75) is 11.4 Å². The normalized spacial score (nSPS) is 11.4. The van der Waals surface area contributed by atoms with E-state index in [1.165, 1.54) is 18.0 Å². The summed E-state index contributed by atoms with van der Waals surface area (Å²) in [6, 6.07) is 2.83. The summed E-state index contributed by atoms with van der Waals surface area (Å²) in [5.74, 6) is -2.18. The number of anilines is 1. The molecule has 23 heavy (non-hydrogen) atoms. The predicted octanol–water partition coefficient (Wildman–Crippen LogP) is 1.17. The van der Waals surface area contributed by atoms with Crippen LogP contribution in [0.25, 0.3) is 0 Å². The molecule has 2 aromatic rings. The molecule has 0 amide bonds. The number of carboxylic acids is 1. The van der Waals surface area contributed by atoms with E-state index in [4.69, 9.17) is 9.84 Å². The molecule has 0 aliphatic heterocycles. The number of rotatable bonds is 7. The number of methoxy groups -OCH3 is 1. The minimum Gasteiger partial charge on any atom is -0.478 e. The van der Waals surface area contributed by atoms with Gasteiger partial charge in [-0.2, -0.15) is 5.10 Å². The largest absolute Gasteiger partial charge is 0.478 e. The number of carboxylic acid groups (broad SMARTS) is 1. The van der Waals surface area contributed by atoms with Gasteiger partial charge in [0, 0.05) is 13.3 Å². The number of hydrogen-bond acceptors (Lipinski definition) is 5. The monoisotopic (exact) mass is 343 g/mol. The van der Waals surface area contributed by atoms with Crippen LogP contribution >= 0.6 is 0 Å². The number of carbonyl (C=O) groups is 1. The van der Waals surface area contributed by atoms with Crippen molar-refractivity contribution in [3.8, 4) is 0 Å². The molecule has 2 N–H and O–H groups in total. The fraction of sp³-hybridized carbons (Fsp3) is 0.231. The molecule has 0 atom stereocenters. The third-order valence-corrected chi connectivity index (χ3v) is 4.22. The summed E-state index contributed by atoms with van der Waals surface area (Å²) in [6.45, 7) is 0.707. The molecule has 0 unspecified atom stereocenters. The lowest BCUT2D eigenvalue weighted by molar-refractivity contribution is 0.0697. The van der Waals surface area contributed by atoms with Gasteiger partial charge in [-0.1, -0.05) is 0 Å². The van der Waals surface area contributed by atoms with E-state index in [0.717, 1.165) is 24.4 Å². The molecule has 0 saturated carbocycles. The molecule has 0 saturated heterocycles. The molecule has 0 spiro atoms. The second-order valence-electron chi connectivity index (χ2n) is 4.54. The van der Waals surface area contributed by atoms with Gasteiger partial charge in [-0.3, -0.25) is 9.40 Å². The number of aromatic nitrogens is 2. The standard InChI is InChI=1S/C13H14FN3O5S/c1-22-5-4-17-8-10(7-15-17)23(20,21)16-12-6-9(13(18)19)2-3-11(12)14/h2-3,6-8,16H,4-5H2,1H3,(H,18,19). The second-order valence-corrected chi connectivity index (χ2v) is 6.22. The maximum atomic E-state index is 13.7. The Balaban J connectivity index is 2.26. The summed E-state index contributed by atoms with van der Waals surface area (Å²) in [4.78, 5) is 10.7. The first-order chi connectivity index (χ1) is 10.8. The zero-order chi connectivity index (χ0) is 17.0. The molecular formula is C13H14FN3O5S. The average molecular weight is 343 g/mol. The molecule has 1 aromatic heterocycles. The van der Waals surface area contributed by atoms with Gasteiger partial charge in [-0.25, -0.2) is 17.6 Å². The van der Waals surface area contributed by atoms with Crippen LogP contribution < -0.4 is 4.72 Å². The lowest BCUT2D eigenvalue weighted by Crippen LogP contribution is -2.14. The van der Waals surface area contributed by atoms with Gasteiger partial charge in [0.15, 0.2) is 0 Å². The van der Waals surface area contributed by atoms with E-state index in [0.29, 0.717) is 13.2 Å². The van der Waals surface area contributed by atoms with Gasteiger partial charge < -0.3 is 9.84 Å². The molecule has 0 fully saturated rings. The van der Waals surface area contributed by atoms with E-state index >= 15 is 0 Å². The molecule has 10 heteroatoms. The van der Waals surface area contributed by atoms with Gasteiger partial charge in [0.25, 0.3) is 10.0 Å². The SMILES string of the molecule is COCCn1cc(S(=O)(=O)Nc2cc(C(=O)O)ccc2F)cn1. The molecule has 0 bridgehead atoms. The molecule has 1 heterocycles. The Kier molecular flexibility index (Phi) is 4.96. The number of nitrogens with one attached hydrogen (secondary N) is 1. The van der Waals surface area contributed by atoms with Crippen LogP contribution in [0.1, 0.15) is 10.4 Å². The Labute approximate surface area is 131 Å². The maximum absolute atomic E-state index is 13.7. The maximum Gasteiger partial charge on any atom is 0.335 e. The third kappa shape index (κ3) is 4.05. The van der Waals surface area contributed by atoms with Crippen molar-refractivity contribution in [2.75, 3.05) is 18.4 Å². The zero-order valence-corrected chi connectivity index (χ0v) is 12.9. The van der Waals surface area contributed by atoms with Gasteiger partial charge in [-0.05, 0) is 18.2 Å². The molecule has 124 valence electrons. The highest BCUT2D eigenvalue weighted by Gasteiger charge is 2.19. The lowest BCUT2D eigenvalue weighted by atomic mass is 10.2. The molecular weight excluding hydrogens is 329 g/mol. The van der Waals surface area contributed by atoms with Gasteiger partial charge >= 0.3 is 5.97 Å². The summed E-state index contributed by atoms with van der Waals surface area (Å²) in [6.07, 6.45) is 2.37. The van der Waals surface area contributed by atoms with Crippen LogP contribution in [-0.4, -0.2) is 43.0 Å². The zero-order valence-electron chi connectivity index (χ0n) is 12.1. The number of hydrogen-bond donors (Lipinski definition) is 2. The highest BCUT2D eigenvalue weighted by molar-refractivity contribution is 7.92. The van der Waals surface area contributed by atoms with Crippen LogP contribution in [0, 0.1) is 5.82 Å². The first kappa shape index (κ1) is 16.9. The van der Waals surface area contributed by atoms with Crippen molar-refractivity contribution in [3.05, 3.63) is 42.0 Å². The summed E-state index contributed by atoms with van der Waals surface area (Å²) < 4.78 is 46.4. The lowest BCUT2D eigenvalue weighted by Gasteiger charge is -2.08. The van der Waals surface area contributed by atoms with Gasteiger partial charge in [0.1, 0.15) is 10.7 Å². The molecule has 0 aliphatic carbocycles. The van der Waals surface area contributed by atoms with Crippen LogP contribution in [-0.2, 0) is 21.3 Å². The summed E-state index contributed by atoms with van der Waals surface area (Å²) in [5.41, 5.74) is -0.686. The van der Waals surface area contributed by atoms with Crippen molar-refractivity contribution >= 4 is 21.7 Å². The number of halogens is 1. The highest BCUT2D eigenvalue weighted by atomic mass is 32.2. The predicted molar refractivity (Wildman–Crippen MR) is 78.3 cm³/mol. The fourth-order valence-corrected chi connectivity index (χ4v) is 2.74. The van der Waals surface area contributed by atoms with Crippen LogP contribution in [0.15, 0.2) is 35.5 Å². The topological polar surface area (TPSA) is 111 Å². The Morgan fingerprint density at radius 3 is 2.87 bits per heavy atom. The number of nitrogens with zero attached hydrogens (tertiary/aromatic N) is 2. The van der Waals surface area contributed by atoms with Crippen LogP contribution in [0.4, 0.5) is 10.1 Å². The van der Waals surface area contributed by atoms with Gasteiger partial charge in [0.2, 0.25) is 0 Å². The van der Waals surface area contributed by atoms with E-state index in [9.17, 15) is 17.6 Å². The van der Waals surface area contributed by atoms with Gasteiger partial charge in [0.05, 0.1) is 30.6 Å². The van der Waals surface area contributed by atoms with Crippen molar-refractivity contribution in [3.63, 3.8) is 0 Å². The van der Waals surface area contributed by atoms with Crippen molar-refractivity contribution in [1.82, 2.24) is 9.78 Å². The van der Waals surface area contributed by atoms with E-state index in [-0.39, 0.29) is 10.5 Å². The minimum absolute atomic E-state index is 0.172. The van der Waals surface area contributed by atoms with Crippen LogP contribution in [0.5, 0.6) is 0 Å². The molecule has 0 radical (unpaired) electrons. The van der Waals surface area contributed by atoms with Crippen molar-refractivity contribution in [2.24, 2.45) is 0 Å². The van der Waals surface area contributed by atoms with Crippen LogP contribution in [0.3, 0.4) is 0 Å². The van der Waals surface area contributed by atoms with E-state index in [1.54, 1.807) is 0 Å². The van der Waals surface area contributed by atoms with Crippen molar-refractivity contribution < 1.29 is 27.4 Å². The Morgan fingerprint density at radius 2 is 2.22 bits per heavy atom. The summed E-state index contributed by atoms with van der Waals surface area (Å²) >= 11 is 0. The summed E-state index contributed by atoms with van der Waals surface area (Å²) in [7, 11) is -2.59. The van der Waals surface area contributed by atoms with Crippen LogP contribution in [0.2, 0.25) is 0 Å². The number of sulfonamides is 1. The van der Waals surface area contributed by atoms with E-state index < -0.39 is 27.5 Å². The van der Waals surface area contributed by atoms with E-state index in [2.05, 4.69) is 5.10 Å². The first-order valence-electron chi connectivity index (χ1n) is 6.40. The second kappa shape index (κ2) is 6.75. The Bertz CT molecular complexity index is 819. The molecule has 1 aromatic carbocycles. The molecule has 2 rings (SSSR count). The van der Waals surface area contributed by atoms with Gasteiger partial charge in [-0.15, -0.1) is 0 Å².